The van der Waals surface area contributed by atoms with Crippen LogP contribution in [-0.2, 0) is 22.6 Å². The Bertz CT molecular complexity index is 906. The second-order valence-corrected chi connectivity index (χ2v) is 5.47. The van der Waals surface area contributed by atoms with Crippen LogP contribution < -0.4 is 0 Å². The summed E-state index contributed by atoms with van der Waals surface area (Å²) in [4.78, 5) is 20.3. The van der Waals surface area contributed by atoms with Gasteiger partial charge in [-0.2, -0.15) is 0 Å². The number of phenols is 1. The zero-order chi connectivity index (χ0) is 17.1. The predicted molar refractivity (Wildman–Crippen MR) is 91.5 cm³/mol. The molecule has 3 rings (SSSR count). The van der Waals surface area contributed by atoms with E-state index < -0.39 is 5.97 Å². The minimum atomic E-state index is -0.394. The molecule has 0 aliphatic carbocycles. The molecule has 3 aromatic rings. The SMILES string of the molecule is CCc1cnc2c(-c3cccc(O)c3COC(C)=O)cccc2n1. The molecule has 5 heteroatoms. The van der Waals surface area contributed by atoms with Crippen molar-refractivity contribution in [1.29, 1.82) is 0 Å². The lowest BCUT2D eigenvalue weighted by atomic mass is 9.98. The van der Waals surface area contributed by atoms with Crippen LogP contribution in [0, 0.1) is 0 Å². The molecule has 1 N–H and O–H groups in total. The molecular formula is C19H18N2O3. The number of rotatable bonds is 4. The highest BCUT2D eigenvalue weighted by Crippen LogP contribution is 2.34. The van der Waals surface area contributed by atoms with E-state index in [1.54, 1.807) is 18.3 Å². The number of esters is 1. The molecule has 0 saturated heterocycles. The predicted octanol–water partition coefficient (Wildman–Crippen LogP) is 3.63. The van der Waals surface area contributed by atoms with E-state index in [1.807, 2.05) is 31.2 Å². The molecule has 0 spiro atoms. The van der Waals surface area contributed by atoms with Crippen LogP contribution in [0.15, 0.2) is 42.6 Å². The number of ether oxygens (including phenoxy) is 1. The van der Waals surface area contributed by atoms with Crippen molar-refractivity contribution >= 4 is 17.0 Å². The summed E-state index contributed by atoms with van der Waals surface area (Å²) in [6.45, 7) is 3.38. The number of benzene rings is 2. The molecule has 0 amide bonds. The Morgan fingerprint density at radius 1 is 1.17 bits per heavy atom. The maximum atomic E-state index is 11.1. The number of phenolic OH excluding ortho intramolecular Hbond substituents is 1. The van der Waals surface area contributed by atoms with Crippen molar-refractivity contribution in [3.8, 4) is 16.9 Å². The third-order valence-electron chi connectivity index (χ3n) is 3.84. The highest BCUT2D eigenvalue weighted by molar-refractivity contribution is 5.92. The molecule has 0 radical (unpaired) electrons. The number of aromatic nitrogens is 2. The van der Waals surface area contributed by atoms with Gasteiger partial charge in [0.2, 0.25) is 0 Å². The minimum Gasteiger partial charge on any atom is -0.508 e. The Labute approximate surface area is 140 Å². The molecule has 0 atom stereocenters. The van der Waals surface area contributed by atoms with E-state index in [4.69, 9.17) is 4.74 Å². The number of aryl methyl sites for hydroxylation is 1. The monoisotopic (exact) mass is 322 g/mol. The second-order valence-electron chi connectivity index (χ2n) is 5.47. The molecule has 0 fully saturated rings. The van der Waals surface area contributed by atoms with Crippen molar-refractivity contribution < 1.29 is 14.6 Å². The van der Waals surface area contributed by atoms with Crippen molar-refractivity contribution in [3.63, 3.8) is 0 Å². The van der Waals surface area contributed by atoms with Gasteiger partial charge >= 0.3 is 5.97 Å². The van der Waals surface area contributed by atoms with Gasteiger partial charge in [0.15, 0.2) is 0 Å². The third kappa shape index (κ3) is 3.06. The first-order chi connectivity index (χ1) is 11.6. The van der Waals surface area contributed by atoms with Crippen molar-refractivity contribution in [2.24, 2.45) is 0 Å². The summed E-state index contributed by atoms with van der Waals surface area (Å²) >= 11 is 0. The molecule has 0 unspecified atom stereocenters. The van der Waals surface area contributed by atoms with Gasteiger partial charge in [-0.05, 0) is 24.1 Å². The van der Waals surface area contributed by atoms with Gasteiger partial charge in [0, 0.05) is 24.2 Å². The lowest BCUT2D eigenvalue weighted by Crippen LogP contribution is -2.01. The average Bonchev–Trinajstić information content (AvgIpc) is 2.59. The van der Waals surface area contributed by atoms with E-state index in [9.17, 15) is 9.90 Å². The first-order valence-corrected chi connectivity index (χ1v) is 7.79. The van der Waals surface area contributed by atoms with E-state index in [-0.39, 0.29) is 12.4 Å². The molecular weight excluding hydrogens is 304 g/mol. The highest BCUT2D eigenvalue weighted by Gasteiger charge is 2.14. The fourth-order valence-electron chi connectivity index (χ4n) is 2.62. The zero-order valence-electron chi connectivity index (χ0n) is 13.6. The second kappa shape index (κ2) is 6.66. The number of carbonyl (C=O) groups is 1. The van der Waals surface area contributed by atoms with Crippen LogP contribution in [0.5, 0.6) is 5.75 Å². The van der Waals surface area contributed by atoms with Gasteiger partial charge < -0.3 is 9.84 Å². The third-order valence-corrected chi connectivity index (χ3v) is 3.84. The molecule has 2 aromatic carbocycles. The van der Waals surface area contributed by atoms with Crippen molar-refractivity contribution in [2.75, 3.05) is 0 Å². The molecule has 0 saturated carbocycles. The van der Waals surface area contributed by atoms with Gasteiger partial charge in [-0.25, -0.2) is 4.98 Å². The number of hydrogen-bond acceptors (Lipinski definition) is 5. The van der Waals surface area contributed by atoms with E-state index in [1.165, 1.54) is 6.92 Å². The van der Waals surface area contributed by atoms with Crippen LogP contribution >= 0.6 is 0 Å². The van der Waals surface area contributed by atoms with Gasteiger partial charge in [-0.15, -0.1) is 0 Å². The number of nitrogens with zero attached hydrogens (tertiary/aromatic N) is 2. The van der Waals surface area contributed by atoms with Gasteiger partial charge in [0.05, 0.1) is 16.7 Å². The van der Waals surface area contributed by atoms with Crippen LogP contribution in [0.3, 0.4) is 0 Å². The Hall–Kier alpha value is -2.95. The van der Waals surface area contributed by atoms with E-state index >= 15 is 0 Å². The summed E-state index contributed by atoms with van der Waals surface area (Å²) in [6.07, 6.45) is 2.58. The lowest BCUT2D eigenvalue weighted by Gasteiger charge is -2.13. The first-order valence-electron chi connectivity index (χ1n) is 7.79. The zero-order valence-corrected chi connectivity index (χ0v) is 13.6. The van der Waals surface area contributed by atoms with E-state index in [0.717, 1.165) is 34.3 Å². The number of fused-ring (bicyclic) bond motifs is 1. The summed E-state index contributed by atoms with van der Waals surface area (Å²) in [5.74, 6) is -0.307. The number of para-hydroxylation sites is 1. The normalized spacial score (nSPS) is 10.8. The summed E-state index contributed by atoms with van der Waals surface area (Å²) in [7, 11) is 0. The molecule has 5 nitrogen and oxygen atoms in total. The van der Waals surface area contributed by atoms with Crippen LogP contribution in [0.4, 0.5) is 0 Å². The molecule has 122 valence electrons. The quantitative estimate of drug-likeness (QED) is 0.743. The van der Waals surface area contributed by atoms with Crippen LogP contribution in [0.25, 0.3) is 22.2 Å². The van der Waals surface area contributed by atoms with Crippen LogP contribution in [-0.4, -0.2) is 21.0 Å². The fourth-order valence-corrected chi connectivity index (χ4v) is 2.62. The van der Waals surface area contributed by atoms with Crippen LogP contribution in [0.2, 0.25) is 0 Å². The number of hydrogen-bond donors (Lipinski definition) is 1. The number of carbonyl (C=O) groups excluding carboxylic acids is 1. The van der Waals surface area contributed by atoms with Crippen molar-refractivity contribution in [2.45, 2.75) is 26.9 Å². The Kier molecular flexibility index (Phi) is 4.42. The molecule has 1 heterocycles. The lowest BCUT2D eigenvalue weighted by molar-refractivity contribution is -0.142. The molecule has 24 heavy (non-hydrogen) atoms. The van der Waals surface area contributed by atoms with Gasteiger partial charge in [-0.3, -0.25) is 9.78 Å². The standard InChI is InChI=1S/C19H18N2O3/c1-3-13-10-20-19-15(7-4-8-17(19)21-13)14-6-5-9-18(23)16(14)11-24-12(2)22/h4-10,23H,3,11H2,1-2H3. The van der Waals surface area contributed by atoms with Gasteiger partial charge in [0.1, 0.15) is 12.4 Å². The summed E-state index contributed by atoms with van der Waals surface area (Å²) in [6, 6.07) is 11.0. The van der Waals surface area contributed by atoms with E-state index in [0.29, 0.717) is 5.56 Å². The minimum absolute atomic E-state index is 0.00813. The Morgan fingerprint density at radius 3 is 2.67 bits per heavy atom. The topological polar surface area (TPSA) is 72.3 Å². The summed E-state index contributed by atoms with van der Waals surface area (Å²) < 4.78 is 5.08. The molecule has 0 bridgehead atoms. The first kappa shape index (κ1) is 15.9. The molecule has 0 aliphatic rings. The Balaban J connectivity index is 2.17. The Morgan fingerprint density at radius 2 is 1.92 bits per heavy atom. The summed E-state index contributed by atoms with van der Waals surface area (Å²) in [5.41, 5.74) is 4.66. The van der Waals surface area contributed by atoms with E-state index in [2.05, 4.69) is 9.97 Å². The summed E-state index contributed by atoms with van der Waals surface area (Å²) in [5, 5.41) is 10.2. The average molecular weight is 322 g/mol. The largest absolute Gasteiger partial charge is 0.508 e. The number of aromatic hydroxyl groups is 1. The molecule has 1 aromatic heterocycles. The maximum absolute atomic E-state index is 11.1. The maximum Gasteiger partial charge on any atom is 0.302 e. The fraction of sp³-hybridized carbons (Fsp3) is 0.211. The van der Waals surface area contributed by atoms with Crippen LogP contribution in [0.1, 0.15) is 25.1 Å². The van der Waals surface area contributed by atoms with Gasteiger partial charge in [-0.1, -0.05) is 31.2 Å². The highest BCUT2D eigenvalue weighted by atomic mass is 16.5. The smallest absolute Gasteiger partial charge is 0.302 e. The van der Waals surface area contributed by atoms with Crippen molar-refractivity contribution in [1.82, 2.24) is 9.97 Å². The molecule has 0 aliphatic heterocycles. The van der Waals surface area contributed by atoms with Gasteiger partial charge in [0.25, 0.3) is 0 Å². The van der Waals surface area contributed by atoms with Crippen molar-refractivity contribution in [3.05, 3.63) is 53.9 Å².